The first-order valence-corrected chi connectivity index (χ1v) is 13.0. The molecule has 0 aliphatic heterocycles. The Morgan fingerprint density at radius 2 is 1.97 bits per heavy atom. The van der Waals surface area contributed by atoms with Crippen LogP contribution < -0.4 is 0 Å². The van der Waals surface area contributed by atoms with E-state index in [0.29, 0.717) is 18.8 Å². The third-order valence-corrected chi connectivity index (χ3v) is 8.35. The molecule has 0 saturated carbocycles. The molecule has 0 bridgehead atoms. The van der Waals surface area contributed by atoms with Crippen LogP contribution in [-0.2, 0) is 34.2 Å². The van der Waals surface area contributed by atoms with Gasteiger partial charge in [-0.3, -0.25) is 4.79 Å². The van der Waals surface area contributed by atoms with E-state index >= 15 is 0 Å². The van der Waals surface area contributed by atoms with Gasteiger partial charge in [0.1, 0.15) is 11.6 Å². The zero-order valence-corrected chi connectivity index (χ0v) is 21.5. The quantitative estimate of drug-likeness (QED) is 0.329. The van der Waals surface area contributed by atoms with Crippen molar-refractivity contribution in [3.63, 3.8) is 0 Å². The highest BCUT2D eigenvalue weighted by Crippen LogP contribution is 2.57. The molecule has 2 aromatic heterocycles. The van der Waals surface area contributed by atoms with Crippen LogP contribution in [0.25, 0.3) is 11.3 Å². The maximum Gasteiger partial charge on any atom is 0.305 e. The van der Waals surface area contributed by atoms with Gasteiger partial charge in [-0.2, -0.15) is 0 Å². The summed E-state index contributed by atoms with van der Waals surface area (Å²) in [5, 5.41) is 0. The summed E-state index contributed by atoms with van der Waals surface area (Å²) in [6, 6.07) is 19.2. The molecule has 0 amide bonds. The number of benzene rings is 2. The van der Waals surface area contributed by atoms with Crippen LogP contribution in [0.1, 0.15) is 65.3 Å². The predicted molar refractivity (Wildman–Crippen MR) is 140 cm³/mol. The Morgan fingerprint density at radius 1 is 1.14 bits per heavy atom. The zero-order chi connectivity index (χ0) is 25.6. The van der Waals surface area contributed by atoms with Gasteiger partial charge in [0.05, 0.1) is 24.2 Å². The van der Waals surface area contributed by atoms with Crippen LogP contribution in [0, 0.1) is 12.8 Å². The second-order valence-electron chi connectivity index (χ2n) is 10.3. The van der Waals surface area contributed by atoms with Crippen LogP contribution >= 0.6 is 0 Å². The van der Waals surface area contributed by atoms with E-state index < -0.39 is 0 Å². The zero-order valence-electron chi connectivity index (χ0n) is 21.5. The molecule has 0 fully saturated rings. The smallest absolute Gasteiger partial charge is 0.305 e. The summed E-state index contributed by atoms with van der Waals surface area (Å²) >= 11 is 0. The Bertz CT molecular complexity index is 1460. The van der Waals surface area contributed by atoms with E-state index in [1.165, 1.54) is 18.2 Å². The van der Waals surface area contributed by atoms with Gasteiger partial charge in [-0.15, -0.1) is 0 Å². The van der Waals surface area contributed by atoms with Crippen molar-refractivity contribution in [2.24, 2.45) is 5.92 Å². The Labute approximate surface area is 217 Å². The molecule has 6 heteroatoms. The van der Waals surface area contributed by atoms with E-state index in [1.54, 1.807) is 6.39 Å². The molecule has 0 N–H and O–H groups in total. The van der Waals surface area contributed by atoms with Crippen LogP contribution in [0.5, 0.6) is 0 Å². The molecule has 2 aliphatic rings. The number of carbonyl (C=O) groups is 1. The normalized spacial score (nSPS) is 22.0. The number of aromatic nitrogens is 3. The lowest BCUT2D eigenvalue weighted by molar-refractivity contribution is -0.140. The third-order valence-electron chi connectivity index (χ3n) is 8.35. The molecule has 2 aromatic carbocycles. The van der Waals surface area contributed by atoms with Gasteiger partial charge in [0.25, 0.3) is 0 Å². The summed E-state index contributed by atoms with van der Waals surface area (Å²) in [5.74, 6) is 2.17. The number of hydrogen-bond donors (Lipinski definition) is 0. The molecule has 0 radical (unpaired) electrons. The summed E-state index contributed by atoms with van der Waals surface area (Å²) in [4.78, 5) is 26.5. The van der Waals surface area contributed by atoms with Crippen LogP contribution in [0.2, 0.25) is 0 Å². The number of ether oxygens (including phenoxy) is 1. The molecule has 37 heavy (non-hydrogen) atoms. The largest absolute Gasteiger partial charge is 0.469 e. The van der Waals surface area contributed by atoms with Crippen molar-refractivity contribution >= 4 is 5.97 Å². The molecule has 188 valence electrons. The average Bonchev–Trinajstić information content (AvgIpc) is 3.40. The predicted octanol–water partition coefficient (Wildman–Crippen LogP) is 5.75. The number of nitrogens with zero attached hydrogens (tertiary/aromatic N) is 3. The standard InChI is InChI=1S/C31H31N3O3/c1-19-25-14-13-24-28(22-9-7-8-21(16-22)12-15-27(35)36-3)33-20(2)34-30(24)31(25,23-10-5-4-6-11-23)17-26-29(19)37-18-32-26/h4-11,16,18-19,25H,12-15,17H2,1-3H3/t19-,25-,31+/m0/s1. The number of oxazole rings is 1. The summed E-state index contributed by atoms with van der Waals surface area (Å²) in [7, 11) is 1.43. The summed E-state index contributed by atoms with van der Waals surface area (Å²) in [6.07, 6.45) is 5.27. The highest BCUT2D eigenvalue weighted by molar-refractivity contribution is 5.70. The highest BCUT2D eigenvalue weighted by Gasteiger charge is 2.54. The van der Waals surface area contributed by atoms with Gasteiger partial charge in [0.15, 0.2) is 6.39 Å². The van der Waals surface area contributed by atoms with Gasteiger partial charge in [-0.1, -0.05) is 55.5 Å². The minimum absolute atomic E-state index is 0.199. The number of aryl methyl sites for hydroxylation is 2. The first-order chi connectivity index (χ1) is 18.0. The van der Waals surface area contributed by atoms with Gasteiger partial charge in [0, 0.05) is 35.3 Å². The van der Waals surface area contributed by atoms with Crippen LogP contribution in [-0.4, -0.2) is 28.0 Å². The van der Waals surface area contributed by atoms with E-state index in [1.807, 2.05) is 6.92 Å². The van der Waals surface area contributed by atoms with E-state index in [4.69, 9.17) is 19.1 Å². The number of carbonyl (C=O) groups excluding carboxylic acids is 1. The number of fused-ring (bicyclic) bond motifs is 4. The van der Waals surface area contributed by atoms with Crippen molar-refractivity contribution in [2.75, 3.05) is 7.11 Å². The molecule has 6 nitrogen and oxygen atoms in total. The molecule has 0 unspecified atom stereocenters. The topological polar surface area (TPSA) is 78.1 Å². The van der Waals surface area contributed by atoms with Gasteiger partial charge in [-0.05, 0) is 49.3 Å². The Morgan fingerprint density at radius 3 is 2.78 bits per heavy atom. The number of methoxy groups -OCH3 is 1. The lowest BCUT2D eigenvalue weighted by Crippen LogP contribution is -2.48. The van der Waals surface area contributed by atoms with Crippen molar-refractivity contribution in [1.82, 2.24) is 15.0 Å². The van der Waals surface area contributed by atoms with Gasteiger partial charge < -0.3 is 9.15 Å². The van der Waals surface area contributed by atoms with Crippen LogP contribution in [0.3, 0.4) is 0 Å². The van der Waals surface area contributed by atoms with E-state index in [0.717, 1.165) is 59.1 Å². The average molecular weight is 494 g/mol. The van der Waals surface area contributed by atoms with Crippen molar-refractivity contribution in [3.8, 4) is 11.3 Å². The van der Waals surface area contributed by atoms with Gasteiger partial charge >= 0.3 is 5.97 Å². The van der Waals surface area contributed by atoms with Crippen LogP contribution in [0.15, 0.2) is 65.4 Å². The Kier molecular flexibility index (Phi) is 5.90. The first-order valence-electron chi connectivity index (χ1n) is 13.0. The van der Waals surface area contributed by atoms with Crippen molar-refractivity contribution < 1.29 is 13.9 Å². The lowest BCUT2D eigenvalue weighted by Gasteiger charge is -2.50. The number of hydrogen-bond acceptors (Lipinski definition) is 6. The molecule has 0 saturated heterocycles. The fourth-order valence-electron chi connectivity index (χ4n) is 6.69. The van der Waals surface area contributed by atoms with Gasteiger partial charge in [-0.25, -0.2) is 15.0 Å². The fraction of sp³-hybridized carbons (Fsp3) is 0.355. The molecule has 4 aromatic rings. The minimum Gasteiger partial charge on any atom is -0.469 e. The fourth-order valence-corrected chi connectivity index (χ4v) is 6.69. The Balaban J connectivity index is 1.53. The molecular weight excluding hydrogens is 462 g/mol. The third kappa shape index (κ3) is 3.86. The molecular formula is C31H31N3O3. The molecule has 2 aliphatic carbocycles. The van der Waals surface area contributed by atoms with E-state index in [-0.39, 0.29) is 17.3 Å². The summed E-state index contributed by atoms with van der Waals surface area (Å²) in [5.41, 5.74) is 7.50. The van der Waals surface area contributed by atoms with E-state index in [9.17, 15) is 4.79 Å². The maximum atomic E-state index is 11.7. The molecule has 3 atom stereocenters. The molecule has 6 rings (SSSR count). The number of esters is 1. The first kappa shape index (κ1) is 23.6. The number of rotatable bonds is 5. The monoisotopic (exact) mass is 493 g/mol. The maximum absolute atomic E-state index is 11.7. The van der Waals surface area contributed by atoms with Gasteiger partial charge in [0.2, 0.25) is 0 Å². The summed E-state index contributed by atoms with van der Waals surface area (Å²) in [6.45, 7) is 4.26. The van der Waals surface area contributed by atoms with Crippen molar-refractivity contribution in [3.05, 3.63) is 101 Å². The summed E-state index contributed by atoms with van der Waals surface area (Å²) < 4.78 is 10.7. The Hall–Kier alpha value is -3.80. The molecule has 2 heterocycles. The van der Waals surface area contributed by atoms with E-state index in [2.05, 4.69) is 66.5 Å². The van der Waals surface area contributed by atoms with Crippen LogP contribution in [0.4, 0.5) is 0 Å². The highest BCUT2D eigenvalue weighted by atomic mass is 16.5. The minimum atomic E-state index is -0.303. The van der Waals surface area contributed by atoms with Crippen molar-refractivity contribution in [2.45, 2.75) is 57.3 Å². The second-order valence-corrected chi connectivity index (χ2v) is 10.3. The van der Waals surface area contributed by atoms with Crippen molar-refractivity contribution in [1.29, 1.82) is 0 Å². The molecule has 0 spiro atoms. The second kappa shape index (κ2) is 9.25. The SMILES string of the molecule is COC(=O)CCc1cccc(-c2nc(C)nc3c2CC[C@H]2[C@H](C)c4ocnc4C[C@]32c2ccccc2)c1. The lowest BCUT2D eigenvalue weighted by atomic mass is 9.53.